The highest BCUT2D eigenvalue weighted by Gasteiger charge is 2.25. The molecule has 150 valence electrons. The maximum atomic E-state index is 14.0. The number of nitrogens with zero attached hydrogens (tertiary/aromatic N) is 1. The van der Waals surface area contributed by atoms with Crippen LogP contribution in [0.2, 0.25) is 5.02 Å². The first-order valence-corrected chi connectivity index (χ1v) is 10.1. The standard InChI is InChI=1S/C22H26ClFN2O2/c1-2-28-21-9-4-3-6-17(21)14-25-22(27)16-10-12-26(13-11-16)15-18-19(23)7-5-8-20(18)24/h3-9,16H,2,10-15H2,1H3,(H,25,27). The lowest BCUT2D eigenvalue weighted by Crippen LogP contribution is -2.40. The highest BCUT2D eigenvalue weighted by atomic mass is 35.5. The minimum atomic E-state index is -0.277. The van der Waals surface area contributed by atoms with Crippen molar-refractivity contribution in [3.05, 3.63) is 64.4 Å². The van der Waals surface area contributed by atoms with Crippen LogP contribution in [0.4, 0.5) is 4.39 Å². The van der Waals surface area contributed by atoms with Gasteiger partial charge in [0.2, 0.25) is 5.91 Å². The van der Waals surface area contributed by atoms with E-state index in [1.165, 1.54) is 6.07 Å². The molecular weight excluding hydrogens is 379 g/mol. The molecule has 0 bridgehead atoms. The van der Waals surface area contributed by atoms with Crippen LogP contribution in [0.3, 0.4) is 0 Å². The van der Waals surface area contributed by atoms with Crippen molar-refractivity contribution in [2.24, 2.45) is 5.92 Å². The fraction of sp³-hybridized carbons (Fsp3) is 0.409. The lowest BCUT2D eigenvalue weighted by molar-refractivity contribution is -0.126. The average Bonchev–Trinajstić information content (AvgIpc) is 2.71. The Labute approximate surface area is 170 Å². The van der Waals surface area contributed by atoms with Gasteiger partial charge in [-0.1, -0.05) is 35.9 Å². The minimum Gasteiger partial charge on any atom is -0.494 e. The van der Waals surface area contributed by atoms with Crippen molar-refractivity contribution in [1.29, 1.82) is 0 Å². The van der Waals surface area contributed by atoms with Gasteiger partial charge in [-0.3, -0.25) is 9.69 Å². The summed E-state index contributed by atoms with van der Waals surface area (Å²) in [6, 6.07) is 12.5. The maximum absolute atomic E-state index is 14.0. The van der Waals surface area contributed by atoms with Crippen molar-refractivity contribution in [3.63, 3.8) is 0 Å². The summed E-state index contributed by atoms with van der Waals surface area (Å²) < 4.78 is 19.6. The summed E-state index contributed by atoms with van der Waals surface area (Å²) in [7, 11) is 0. The van der Waals surface area contributed by atoms with E-state index in [1.54, 1.807) is 12.1 Å². The monoisotopic (exact) mass is 404 g/mol. The molecule has 28 heavy (non-hydrogen) atoms. The second kappa shape index (κ2) is 9.89. The number of halogens is 2. The SMILES string of the molecule is CCOc1ccccc1CNC(=O)C1CCN(Cc2c(F)cccc2Cl)CC1. The Hall–Kier alpha value is -2.11. The van der Waals surface area contributed by atoms with E-state index in [4.69, 9.17) is 16.3 Å². The number of rotatable bonds is 7. The molecule has 0 unspecified atom stereocenters. The molecule has 0 aromatic heterocycles. The van der Waals surface area contributed by atoms with Gasteiger partial charge in [-0.2, -0.15) is 0 Å². The third-order valence-electron chi connectivity index (χ3n) is 5.13. The van der Waals surface area contributed by atoms with E-state index in [1.807, 2.05) is 31.2 Å². The quantitative estimate of drug-likeness (QED) is 0.743. The summed E-state index contributed by atoms with van der Waals surface area (Å²) in [6.07, 6.45) is 1.51. The average molecular weight is 405 g/mol. The molecule has 2 aromatic rings. The second-order valence-corrected chi connectivity index (χ2v) is 7.42. The predicted octanol–water partition coefficient (Wildman–Crippen LogP) is 4.41. The molecule has 6 heteroatoms. The lowest BCUT2D eigenvalue weighted by Gasteiger charge is -2.31. The summed E-state index contributed by atoms with van der Waals surface area (Å²) in [4.78, 5) is 14.7. The molecule has 0 saturated carbocycles. The molecule has 1 fully saturated rings. The van der Waals surface area contributed by atoms with Gasteiger partial charge in [0.05, 0.1) is 6.61 Å². The Morgan fingerprint density at radius 2 is 1.96 bits per heavy atom. The first kappa shape index (κ1) is 20.6. The fourth-order valence-corrected chi connectivity index (χ4v) is 3.76. The molecule has 1 heterocycles. The zero-order chi connectivity index (χ0) is 19.9. The molecule has 0 aliphatic carbocycles. The number of nitrogens with one attached hydrogen (secondary N) is 1. The van der Waals surface area contributed by atoms with Gasteiger partial charge in [-0.15, -0.1) is 0 Å². The fourth-order valence-electron chi connectivity index (χ4n) is 3.53. The molecule has 1 aliphatic heterocycles. The number of amides is 1. The zero-order valence-corrected chi connectivity index (χ0v) is 16.8. The van der Waals surface area contributed by atoms with Crippen LogP contribution in [0, 0.1) is 11.7 Å². The maximum Gasteiger partial charge on any atom is 0.223 e. The molecular formula is C22H26ClFN2O2. The van der Waals surface area contributed by atoms with Crippen LogP contribution in [0.1, 0.15) is 30.9 Å². The second-order valence-electron chi connectivity index (χ2n) is 7.01. The van der Waals surface area contributed by atoms with Gasteiger partial charge in [0.25, 0.3) is 0 Å². The van der Waals surface area contributed by atoms with E-state index in [2.05, 4.69) is 10.2 Å². The molecule has 4 nitrogen and oxygen atoms in total. The molecule has 0 atom stereocenters. The van der Waals surface area contributed by atoms with Crippen LogP contribution in [0.5, 0.6) is 5.75 Å². The van der Waals surface area contributed by atoms with E-state index in [9.17, 15) is 9.18 Å². The molecule has 1 saturated heterocycles. The summed E-state index contributed by atoms with van der Waals surface area (Å²) in [5, 5.41) is 3.48. The number of likely N-dealkylation sites (tertiary alicyclic amines) is 1. The van der Waals surface area contributed by atoms with Gasteiger partial charge in [-0.05, 0) is 51.1 Å². The van der Waals surface area contributed by atoms with Gasteiger partial charge >= 0.3 is 0 Å². The highest BCUT2D eigenvalue weighted by Crippen LogP contribution is 2.25. The van der Waals surface area contributed by atoms with E-state index in [-0.39, 0.29) is 17.6 Å². The third kappa shape index (κ3) is 5.24. The normalized spacial score (nSPS) is 15.4. The van der Waals surface area contributed by atoms with Crippen LogP contribution in [0.15, 0.2) is 42.5 Å². The van der Waals surface area contributed by atoms with Crippen molar-refractivity contribution < 1.29 is 13.9 Å². The Balaban J connectivity index is 1.49. The van der Waals surface area contributed by atoms with Crippen LogP contribution in [0.25, 0.3) is 0 Å². The van der Waals surface area contributed by atoms with E-state index >= 15 is 0 Å². The first-order valence-electron chi connectivity index (χ1n) is 9.72. The van der Waals surface area contributed by atoms with Crippen molar-refractivity contribution in [2.75, 3.05) is 19.7 Å². The number of ether oxygens (including phenoxy) is 1. The predicted molar refractivity (Wildman–Crippen MR) is 109 cm³/mol. The summed E-state index contributed by atoms with van der Waals surface area (Å²) in [5.41, 5.74) is 1.50. The van der Waals surface area contributed by atoms with Crippen molar-refractivity contribution in [3.8, 4) is 5.75 Å². The lowest BCUT2D eigenvalue weighted by atomic mass is 9.95. The Morgan fingerprint density at radius 3 is 2.68 bits per heavy atom. The Bertz CT molecular complexity index is 787. The molecule has 1 aliphatic rings. The zero-order valence-electron chi connectivity index (χ0n) is 16.1. The molecule has 1 amide bonds. The molecule has 0 spiro atoms. The Morgan fingerprint density at radius 1 is 1.21 bits per heavy atom. The summed E-state index contributed by atoms with van der Waals surface area (Å²) >= 11 is 6.12. The summed E-state index contributed by atoms with van der Waals surface area (Å²) in [6.45, 7) is 4.96. The van der Waals surface area contributed by atoms with E-state index in [0.29, 0.717) is 30.3 Å². The van der Waals surface area contributed by atoms with Crippen LogP contribution >= 0.6 is 11.6 Å². The van der Waals surface area contributed by atoms with Gasteiger partial charge in [0.1, 0.15) is 11.6 Å². The molecule has 0 radical (unpaired) electrons. The smallest absolute Gasteiger partial charge is 0.223 e. The number of hydrogen-bond acceptors (Lipinski definition) is 3. The number of carbonyl (C=O) groups is 1. The van der Waals surface area contributed by atoms with E-state index in [0.717, 1.165) is 37.2 Å². The van der Waals surface area contributed by atoms with Gasteiger partial charge < -0.3 is 10.1 Å². The number of carbonyl (C=O) groups excluding carboxylic acids is 1. The number of piperidine rings is 1. The molecule has 3 rings (SSSR count). The summed E-state index contributed by atoms with van der Waals surface area (Å²) in [5.74, 6) is 0.573. The largest absolute Gasteiger partial charge is 0.494 e. The number of hydrogen-bond donors (Lipinski definition) is 1. The third-order valence-corrected chi connectivity index (χ3v) is 5.48. The van der Waals surface area contributed by atoms with Crippen LogP contribution in [-0.4, -0.2) is 30.5 Å². The van der Waals surface area contributed by atoms with Crippen molar-refractivity contribution in [1.82, 2.24) is 10.2 Å². The molecule has 1 N–H and O–H groups in total. The van der Waals surface area contributed by atoms with Crippen LogP contribution in [-0.2, 0) is 17.9 Å². The van der Waals surface area contributed by atoms with Crippen molar-refractivity contribution >= 4 is 17.5 Å². The number of benzene rings is 2. The molecule has 2 aromatic carbocycles. The van der Waals surface area contributed by atoms with Gasteiger partial charge in [0, 0.05) is 35.2 Å². The van der Waals surface area contributed by atoms with Crippen molar-refractivity contribution in [2.45, 2.75) is 32.9 Å². The number of para-hydroxylation sites is 1. The van der Waals surface area contributed by atoms with Gasteiger partial charge in [0.15, 0.2) is 0 Å². The topological polar surface area (TPSA) is 41.6 Å². The first-order chi connectivity index (χ1) is 13.6. The van der Waals surface area contributed by atoms with E-state index < -0.39 is 0 Å². The van der Waals surface area contributed by atoms with Crippen LogP contribution < -0.4 is 10.1 Å². The highest BCUT2D eigenvalue weighted by molar-refractivity contribution is 6.31. The minimum absolute atomic E-state index is 0.0217. The van der Waals surface area contributed by atoms with Gasteiger partial charge in [-0.25, -0.2) is 4.39 Å². The Kier molecular flexibility index (Phi) is 7.29.